The minimum absolute atomic E-state index is 0.0730. The molecule has 5 nitrogen and oxygen atoms in total. The second-order valence-electron chi connectivity index (χ2n) is 6.74. The lowest BCUT2D eigenvalue weighted by atomic mass is 10.0. The van der Waals surface area contributed by atoms with E-state index in [0.29, 0.717) is 11.3 Å². The molecule has 1 heterocycles. The first-order valence-electron chi connectivity index (χ1n) is 9.68. The predicted octanol–water partition coefficient (Wildman–Crippen LogP) is 2.96. The van der Waals surface area contributed by atoms with Crippen LogP contribution in [-0.4, -0.2) is 25.4 Å². The zero-order chi connectivity index (χ0) is 20.6. The molecule has 3 aromatic rings. The second kappa shape index (κ2) is 10.0. The summed E-state index contributed by atoms with van der Waals surface area (Å²) in [7, 11) is 1.58. The molecule has 3 rings (SSSR count). The van der Waals surface area contributed by atoms with E-state index in [4.69, 9.17) is 0 Å². The predicted molar refractivity (Wildman–Crippen MR) is 117 cm³/mol. The van der Waals surface area contributed by atoms with Gasteiger partial charge in [-0.2, -0.15) is 0 Å². The van der Waals surface area contributed by atoms with Gasteiger partial charge in [-0.05, 0) is 41.6 Å². The summed E-state index contributed by atoms with van der Waals surface area (Å²) in [5.74, 6) is -0.285. The van der Waals surface area contributed by atoms with Gasteiger partial charge in [0, 0.05) is 23.9 Å². The third kappa shape index (κ3) is 5.53. The summed E-state index contributed by atoms with van der Waals surface area (Å²) in [6.07, 6.45) is 1.01. The number of aryl methyl sites for hydroxylation is 1. The third-order valence-electron chi connectivity index (χ3n) is 4.77. The molecule has 0 aliphatic carbocycles. The van der Waals surface area contributed by atoms with Crippen LogP contribution in [0.1, 0.15) is 39.3 Å². The lowest BCUT2D eigenvalue weighted by Gasteiger charge is -2.15. The fourth-order valence-corrected chi connectivity index (χ4v) is 4.02. The number of carbonyl (C=O) groups excluding carboxylic acids is 2. The minimum atomic E-state index is -0.180. The average Bonchev–Trinajstić information content (AvgIpc) is 3.28. The molecule has 4 N–H and O–H groups in total. The number of amides is 2. The van der Waals surface area contributed by atoms with Crippen molar-refractivity contribution in [1.29, 1.82) is 0 Å². The van der Waals surface area contributed by atoms with Crippen LogP contribution in [0.25, 0.3) is 0 Å². The van der Waals surface area contributed by atoms with E-state index in [1.807, 2.05) is 11.4 Å². The van der Waals surface area contributed by atoms with Crippen LogP contribution in [0.4, 0.5) is 5.69 Å². The maximum atomic E-state index is 12.5. The molecule has 0 aliphatic heterocycles. The van der Waals surface area contributed by atoms with Gasteiger partial charge in [-0.15, -0.1) is 11.3 Å². The van der Waals surface area contributed by atoms with Crippen LogP contribution in [-0.2, 0) is 11.2 Å². The number of hydrogen-bond acceptors (Lipinski definition) is 3. The third-order valence-corrected chi connectivity index (χ3v) is 5.73. The van der Waals surface area contributed by atoms with Gasteiger partial charge in [-0.25, -0.2) is 0 Å². The number of thiophene rings is 1. The Hall–Kier alpha value is -2.96. The van der Waals surface area contributed by atoms with E-state index in [1.54, 1.807) is 42.6 Å². The average molecular weight is 409 g/mol. The van der Waals surface area contributed by atoms with E-state index >= 15 is 0 Å². The van der Waals surface area contributed by atoms with Gasteiger partial charge >= 0.3 is 0 Å². The molecule has 150 valence electrons. The number of anilines is 1. The summed E-state index contributed by atoms with van der Waals surface area (Å²) in [6, 6.07) is 19.7. The molecule has 1 aromatic heterocycles. The normalized spacial score (nSPS) is 11.7. The molecule has 0 saturated carbocycles. The van der Waals surface area contributed by atoms with Crippen molar-refractivity contribution in [2.24, 2.45) is 0 Å². The molecule has 0 bridgehead atoms. The van der Waals surface area contributed by atoms with Crippen molar-refractivity contribution in [2.75, 3.05) is 18.9 Å². The molecule has 2 aromatic carbocycles. The molecular formula is C23H26N3O2S+. The molecule has 0 fully saturated rings. The van der Waals surface area contributed by atoms with E-state index in [0.717, 1.165) is 6.42 Å². The molecule has 1 atom stereocenters. The first-order valence-corrected chi connectivity index (χ1v) is 10.6. The first kappa shape index (κ1) is 20.8. The highest BCUT2D eigenvalue weighted by molar-refractivity contribution is 7.10. The zero-order valence-corrected chi connectivity index (χ0v) is 17.5. The largest absolute Gasteiger partial charge is 0.355 e. The van der Waals surface area contributed by atoms with Crippen LogP contribution in [0.3, 0.4) is 0 Å². The van der Waals surface area contributed by atoms with Gasteiger partial charge in [0.1, 0.15) is 6.04 Å². The zero-order valence-electron chi connectivity index (χ0n) is 16.6. The Morgan fingerprint density at radius 1 is 1.07 bits per heavy atom. The Labute approximate surface area is 175 Å². The number of nitrogens with one attached hydrogen (secondary N) is 2. The molecule has 6 heteroatoms. The van der Waals surface area contributed by atoms with Crippen molar-refractivity contribution < 1.29 is 14.9 Å². The number of quaternary nitrogens is 1. The fourth-order valence-electron chi connectivity index (χ4n) is 3.16. The maximum Gasteiger partial charge on any atom is 0.279 e. The molecule has 2 amide bonds. The number of benzene rings is 2. The van der Waals surface area contributed by atoms with Crippen molar-refractivity contribution in [2.45, 2.75) is 19.4 Å². The monoisotopic (exact) mass is 408 g/mol. The number of rotatable bonds is 8. The number of nitrogens with two attached hydrogens (primary N) is 1. The summed E-state index contributed by atoms with van der Waals surface area (Å²) < 4.78 is 0. The molecule has 0 saturated heterocycles. The summed E-state index contributed by atoms with van der Waals surface area (Å²) >= 11 is 1.69. The first-order chi connectivity index (χ1) is 14.1. The summed E-state index contributed by atoms with van der Waals surface area (Å²) in [4.78, 5) is 25.5. The van der Waals surface area contributed by atoms with Crippen LogP contribution >= 0.6 is 11.3 Å². The van der Waals surface area contributed by atoms with Crippen molar-refractivity contribution >= 4 is 28.8 Å². The highest BCUT2D eigenvalue weighted by Gasteiger charge is 2.20. The van der Waals surface area contributed by atoms with Crippen molar-refractivity contribution in [3.05, 3.63) is 87.6 Å². The summed E-state index contributed by atoms with van der Waals surface area (Å²) in [5, 5.41) is 9.57. The fraction of sp³-hybridized carbons (Fsp3) is 0.217. The van der Waals surface area contributed by atoms with Crippen LogP contribution in [0.2, 0.25) is 0 Å². The Balaban J connectivity index is 1.68. The van der Waals surface area contributed by atoms with Crippen LogP contribution in [0.15, 0.2) is 66.0 Å². The van der Waals surface area contributed by atoms with Crippen LogP contribution in [0, 0.1) is 0 Å². The van der Waals surface area contributed by atoms with Gasteiger partial charge in [0.2, 0.25) is 0 Å². The Bertz CT molecular complexity index is 953. The van der Waals surface area contributed by atoms with E-state index in [1.165, 1.54) is 16.0 Å². The van der Waals surface area contributed by atoms with E-state index in [-0.39, 0.29) is 24.4 Å². The molecule has 0 unspecified atom stereocenters. The lowest BCUT2D eigenvalue weighted by Crippen LogP contribution is -2.87. The van der Waals surface area contributed by atoms with Crippen molar-refractivity contribution in [3.8, 4) is 0 Å². The lowest BCUT2D eigenvalue weighted by molar-refractivity contribution is -0.675. The number of hydrogen-bond donors (Lipinski definition) is 3. The quantitative estimate of drug-likeness (QED) is 0.536. The molecule has 29 heavy (non-hydrogen) atoms. The summed E-state index contributed by atoms with van der Waals surface area (Å²) in [5.41, 5.74) is 3.61. The van der Waals surface area contributed by atoms with E-state index in [9.17, 15) is 9.59 Å². The van der Waals surface area contributed by atoms with Gasteiger partial charge in [-0.1, -0.05) is 43.3 Å². The standard InChI is InChI=1S/C23H25N3O2S/c1-3-16-9-11-17(12-10-16)22(20-8-5-13-29-20)25-15-21(27)26-19-7-4-6-18(14-19)23(28)24-2/h4-14,22,25H,3,15H2,1-2H3,(H,24,28)(H,26,27)/p+1/t22-/m1/s1. The second-order valence-corrected chi connectivity index (χ2v) is 7.72. The maximum absolute atomic E-state index is 12.5. The minimum Gasteiger partial charge on any atom is -0.355 e. The van der Waals surface area contributed by atoms with Crippen LogP contribution in [0.5, 0.6) is 0 Å². The highest BCUT2D eigenvalue weighted by Crippen LogP contribution is 2.23. The highest BCUT2D eigenvalue weighted by atomic mass is 32.1. The van der Waals surface area contributed by atoms with Crippen LogP contribution < -0.4 is 16.0 Å². The SMILES string of the molecule is CCc1ccc([C@@H]([NH2+]CC(=O)Nc2cccc(C(=O)NC)c2)c2cccs2)cc1. The van der Waals surface area contributed by atoms with Gasteiger partial charge < -0.3 is 16.0 Å². The number of carbonyl (C=O) groups is 2. The summed E-state index contributed by atoms with van der Waals surface area (Å²) in [6.45, 7) is 2.42. The smallest absolute Gasteiger partial charge is 0.279 e. The Kier molecular flexibility index (Phi) is 7.16. The van der Waals surface area contributed by atoms with Gasteiger partial charge in [0.05, 0.1) is 4.88 Å². The van der Waals surface area contributed by atoms with Gasteiger partial charge in [0.15, 0.2) is 6.54 Å². The molecular weight excluding hydrogens is 382 g/mol. The van der Waals surface area contributed by atoms with E-state index < -0.39 is 0 Å². The molecule has 0 radical (unpaired) electrons. The topological polar surface area (TPSA) is 74.8 Å². The molecule has 0 aliphatic rings. The van der Waals surface area contributed by atoms with Gasteiger partial charge in [0.25, 0.3) is 11.8 Å². The van der Waals surface area contributed by atoms with E-state index in [2.05, 4.69) is 53.3 Å². The van der Waals surface area contributed by atoms with Crippen molar-refractivity contribution in [1.82, 2.24) is 5.32 Å². The molecule has 0 spiro atoms. The Morgan fingerprint density at radius 3 is 2.52 bits per heavy atom. The Morgan fingerprint density at radius 2 is 1.86 bits per heavy atom. The van der Waals surface area contributed by atoms with Crippen molar-refractivity contribution in [3.63, 3.8) is 0 Å². The van der Waals surface area contributed by atoms with Gasteiger partial charge in [-0.3, -0.25) is 9.59 Å².